The molecule has 1 heterocycles. The third kappa shape index (κ3) is 15.3. The van der Waals surface area contributed by atoms with Gasteiger partial charge in [-0.15, -0.1) is 0 Å². The lowest BCUT2D eigenvalue weighted by Crippen LogP contribution is -2.37. The summed E-state index contributed by atoms with van der Waals surface area (Å²) >= 11 is 0. The molecule has 0 fully saturated rings. The van der Waals surface area contributed by atoms with Crippen molar-refractivity contribution in [2.75, 3.05) is 39.6 Å². The first-order chi connectivity index (χ1) is 22.4. The summed E-state index contributed by atoms with van der Waals surface area (Å²) < 4.78 is 28.1. The van der Waals surface area contributed by atoms with Crippen LogP contribution < -0.4 is 9.47 Å². The number of aliphatic hydroxyl groups is 1. The summed E-state index contributed by atoms with van der Waals surface area (Å²) in [5.41, 5.74) is 3.77. The van der Waals surface area contributed by atoms with Gasteiger partial charge in [-0.2, -0.15) is 0 Å². The van der Waals surface area contributed by atoms with E-state index in [4.69, 9.17) is 28.8 Å². The summed E-state index contributed by atoms with van der Waals surface area (Å²) in [6, 6.07) is 0. The second-order valence-electron chi connectivity index (χ2n) is 14.6. The second-order valence-corrected chi connectivity index (χ2v) is 14.6. The van der Waals surface area contributed by atoms with Gasteiger partial charge >= 0.3 is 11.9 Å². The van der Waals surface area contributed by atoms with Gasteiger partial charge in [0.1, 0.15) is 23.7 Å². The molecule has 0 radical (unpaired) electrons. The van der Waals surface area contributed by atoms with Gasteiger partial charge in [-0.25, -0.2) is 0 Å². The third-order valence-corrected chi connectivity index (χ3v) is 9.69. The Bertz CT molecular complexity index is 1080. The van der Waals surface area contributed by atoms with Crippen molar-refractivity contribution in [2.45, 2.75) is 144 Å². The number of ether oxygens (including phenoxy) is 5. The highest BCUT2D eigenvalue weighted by molar-refractivity contribution is 5.80. The molecule has 0 amide bonds. The fraction of sp³-hybridized carbons (Fsp3) is 0.795. The van der Waals surface area contributed by atoms with E-state index in [2.05, 4.69) is 34.6 Å². The molecule has 47 heavy (non-hydrogen) atoms. The molecule has 3 atom stereocenters. The molecule has 0 spiro atoms. The topological polar surface area (TPSA) is 101 Å². The minimum Gasteiger partial charge on any atom is -0.487 e. The van der Waals surface area contributed by atoms with Crippen LogP contribution in [0.1, 0.15) is 134 Å². The monoisotopic (exact) mass is 662 g/mol. The molecule has 0 aliphatic carbocycles. The van der Waals surface area contributed by atoms with Gasteiger partial charge in [0, 0.05) is 5.56 Å². The summed E-state index contributed by atoms with van der Waals surface area (Å²) in [6.45, 7) is 19.0. The maximum Gasteiger partial charge on any atom is 0.311 e. The van der Waals surface area contributed by atoms with Crippen LogP contribution in [0.4, 0.5) is 0 Å². The van der Waals surface area contributed by atoms with Crippen LogP contribution >= 0.6 is 0 Å². The Balaban J connectivity index is 1.78. The third-order valence-electron chi connectivity index (χ3n) is 9.69. The molecule has 1 aliphatic heterocycles. The Morgan fingerprint density at radius 1 is 0.766 bits per heavy atom. The zero-order chi connectivity index (χ0) is 34.8. The van der Waals surface area contributed by atoms with Crippen molar-refractivity contribution < 1.29 is 38.4 Å². The molecule has 8 nitrogen and oxygen atoms in total. The molecular weight excluding hydrogens is 596 g/mol. The normalized spacial score (nSPS) is 17.2. The number of hydrogen-bond donors (Lipinski definition) is 1. The molecule has 0 bridgehead atoms. The lowest BCUT2D eigenvalue weighted by molar-refractivity contribution is -0.148. The zero-order valence-corrected chi connectivity index (χ0v) is 31.0. The highest BCUT2D eigenvalue weighted by atomic mass is 16.6. The summed E-state index contributed by atoms with van der Waals surface area (Å²) in [4.78, 5) is 24.8. The van der Waals surface area contributed by atoms with Gasteiger partial charge in [-0.3, -0.25) is 9.59 Å². The van der Waals surface area contributed by atoms with Gasteiger partial charge < -0.3 is 28.8 Å². The number of benzene rings is 1. The summed E-state index contributed by atoms with van der Waals surface area (Å²) in [5, 5.41) is 8.67. The Kier molecular flexibility index (Phi) is 19.0. The van der Waals surface area contributed by atoms with Gasteiger partial charge in [-0.05, 0) is 87.8 Å². The smallest absolute Gasteiger partial charge is 0.311 e. The Morgan fingerprint density at radius 3 is 1.98 bits per heavy atom. The number of carbonyl (C=O) groups excluding carboxylic acids is 2. The molecule has 1 aliphatic rings. The van der Waals surface area contributed by atoms with E-state index in [1.807, 2.05) is 20.8 Å². The van der Waals surface area contributed by atoms with Crippen LogP contribution in [-0.4, -0.2) is 62.3 Å². The van der Waals surface area contributed by atoms with E-state index < -0.39 is 11.9 Å². The molecule has 1 aromatic carbocycles. The maximum absolute atomic E-state index is 12.7. The lowest BCUT2D eigenvalue weighted by atomic mass is 9.83. The maximum atomic E-state index is 12.7. The van der Waals surface area contributed by atoms with Crippen LogP contribution in [0.25, 0.3) is 0 Å². The average Bonchev–Trinajstić information content (AvgIpc) is 3.02. The SMILES string of the molecule is Cc1c(C)c2c(c(C)c1OC(=O)CCC(=O)OCCOCCOCCO)CC[C@](C)(CCC[C@H](C)CCC[C@H](C)CCCC(C)C)O2. The molecule has 0 saturated carbocycles. The first-order valence-corrected chi connectivity index (χ1v) is 18.3. The van der Waals surface area contributed by atoms with E-state index in [1.54, 1.807) is 0 Å². The van der Waals surface area contributed by atoms with Gasteiger partial charge in [0.05, 0.1) is 45.9 Å². The predicted molar refractivity (Wildman–Crippen MR) is 187 cm³/mol. The van der Waals surface area contributed by atoms with Crippen molar-refractivity contribution in [2.24, 2.45) is 17.8 Å². The molecule has 0 aromatic heterocycles. The van der Waals surface area contributed by atoms with Crippen LogP contribution in [0.15, 0.2) is 0 Å². The van der Waals surface area contributed by atoms with E-state index in [9.17, 15) is 9.59 Å². The Labute approximate surface area is 285 Å². The van der Waals surface area contributed by atoms with E-state index in [1.165, 1.54) is 51.4 Å². The highest BCUT2D eigenvalue weighted by Gasteiger charge is 2.35. The minimum absolute atomic E-state index is 0.0303. The first-order valence-electron chi connectivity index (χ1n) is 18.3. The second kappa shape index (κ2) is 21.7. The van der Waals surface area contributed by atoms with Gasteiger partial charge in [-0.1, -0.05) is 72.6 Å². The standard InChI is InChI=1S/C39H66O8/c1-28(2)12-9-13-29(3)14-10-15-30(4)16-11-20-39(8)21-19-34-33(7)37(31(5)32(6)38(34)47-39)46-36(42)18-17-35(41)45-27-26-44-25-24-43-23-22-40/h28-30,40H,9-27H2,1-8H3/t29-,30-,39+/m1/s1. The van der Waals surface area contributed by atoms with E-state index >= 15 is 0 Å². The van der Waals surface area contributed by atoms with Gasteiger partial charge in [0.2, 0.25) is 0 Å². The van der Waals surface area contributed by atoms with Crippen molar-refractivity contribution >= 4 is 11.9 Å². The van der Waals surface area contributed by atoms with E-state index in [0.717, 1.165) is 65.0 Å². The van der Waals surface area contributed by atoms with Crippen molar-refractivity contribution in [3.63, 3.8) is 0 Å². The predicted octanol–water partition coefficient (Wildman–Crippen LogP) is 8.39. The van der Waals surface area contributed by atoms with E-state index in [-0.39, 0.29) is 44.9 Å². The van der Waals surface area contributed by atoms with Crippen molar-refractivity contribution in [1.29, 1.82) is 0 Å². The number of hydrogen-bond acceptors (Lipinski definition) is 8. The average molecular weight is 663 g/mol. The summed E-state index contributed by atoms with van der Waals surface area (Å²) in [7, 11) is 0. The number of rotatable bonds is 24. The number of carbonyl (C=O) groups is 2. The van der Waals surface area contributed by atoms with Gasteiger partial charge in [0.25, 0.3) is 0 Å². The minimum atomic E-state index is -0.471. The Hall–Kier alpha value is -2.16. The summed E-state index contributed by atoms with van der Waals surface area (Å²) in [6.07, 6.45) is 13.2. The molecule has 8 heteroatoms. The van der Waals surface area contributed by atoms with E-state index in [0.29, 0.717) is 19.0 Å². The molecular formula is C39H66O8. The molecule has 2 rings (SSSR count). The molecule has 1 N–H and O–H groups in total. The number of aliphatic hydroxyl groups excluding tert-OH is 1. The molecule has 0 saturated heterocycles. The molecule has 0 unspecified atom stereocenters. The zero-order valence-electron chi connectivity index (χ0n) is 31.0. The number of fused-ring (bicyclic) bond motifs is 1. The highest BCUT2D eigenvalue weighted by Crippen LogP contribution is 2.45. The number of esters is 2. The fourth-order valence-electron chi connectivity index (χ4n) is 6.46. The molecule has 270 valence electrons. The largest absolute Gasteiger partial charge is 0.487 e. The van der Waals surface area contributed by atoms with Crippen molar-refractivity contribution in [3.05, 3.63) is 22.3 Å². The van der Waals surface area contributed by atoms with Crippen LogP contribution in [0.5, 0.6) is 11.5 Å². The van der Waals surface area contributed by atoms with Crippen molar-refractivity contribution in [1.82, 2.24) is 0 Å². The van der Waals surface area contributed by atoms with Crippen molar-refractivity contribution in [3.8, 4) is 11.5 Å². The summed E-state index contributed by atoms with van der Waals surface area (Å²) in [5.74, 6) is 2.98. The quantitative estimate of drug-likeness (QED) is 0.0669. The van der Waals surface area contributed by atoms with Crippen LogP contribution in [-0.2, 0) is 30.2 Å². The lowest BCUT2D eigenvalue weighted by Gasteiger charge is -2.38. The molecule has 1 aromatic rings. The van der Waals surface area contributed by atoms with Crippen LogP contribution in [0, 0.1) is 38.5 Å². The van der Waals surface area contributed by atoms with Crippen LogP contribution in [0.2, 0.25) is 0 Å². The fourth-order valence-corrected chi connectivity index (χ4v) is 6.46. The Morgan fingerprint density at radius 2 is 1.34 bits per heavy atom. The van der Waals surface area contributed by atoms with Crippen LogP contribution in [0.3, 0.4) is 0 Å². The first kappa shape index (κ1) is 41.0. The van der Waals surface area contributed by atoms with Gasteiger partial charge in [0.15, 0.2) is 0 Å².